The zero-order valence-electron chi connectivity index (χ0n) is 29.1. The Morgan fingerprint density at radius 3 is 2.22 bits per heavy atom. The second-order valence-corrected chi connectivity index (χ2v) is 13.9. The van der Waals surface area contributed by atoms with Crippen LogP contribution in [-0.2, 0) is 29.9 Å². The highest BCUT2D eigenvalue weighted by atomic mass is 16.5. The first-order valence-corrected chi connectivity index (χ1v) is 16.9. The van der Waals surface area contributed by atoms with Gasteiger partial charge >= 0.3 is 11.9 Å². The Kier molecular flexibility index (Phi) is 11.5. The molecule has 46 heavy (non-hydrogen) atoms. The normalized spacial score (nSPS) is 18.7. The molecule has 0 radical (unpaired) electrons. The molecule has 0 saturated heterocycles. The van der Waals surface area contributed by atoms with Gasteiger partial charge in [-0.3, -0.25) is 4.79 Å². The van der Waals surface area contributed by atoms with Gasteiger partial charge in [-0.25, -0.2) is 4.79 Å². The Labute approximate surface area is 276 Å². The Bertz CT molecular complexity index is 1530. The number of nitrogens with zero attached hydrogens (tertiary/aromatic N) is 2. The van der Waals surface area contributed by atoms with E-state index in [9.17, 15) is 9.59 Å². The summed E-state index contributed by atoms with van der Waals surface area (Å²) in [6.45, 7) is 18.5. The number of allylic oxidation sites excluding steroid dienone is 6. The van der Waals surface area contributed by atoms with Crippen LogP contribution in [0.1, 0.15) is 85.8 Å². The van der Waals surface area contributed by atoms with Gasteiger partial charge in [0.25, 0.3) is 0 Å². The third-order valence-electron chi connectivity index (χ3n) is 9.70. The quantitative estimate of drug-likeness (QED) is 0.120. The molecular weight excluding hydrogens is 572 g/mol. The highest BCUT2D eigenvalue weighted by molar-refractivity contribution is 6.03. The maximum absolute atomic E-state index is 12.9. The fourth-order valence-electron chi connectivity index (χ4n) is 6.26. The molecule has 0 fully saturated rings. The Morgan fingerprint density at radius 2 is 1.50 bits per heavy atom. The number of hydrogen-bond donors (Lipinski definition) is 0. The molecular formula is C40H53N2O4+. The van der Waals surface area contributed by atoms with Crippen LogP contribution in [0.5, 0.6) is 0 Å². The number of rotatable bonds is 14. The van der Waals surface area contributed by atoms with Crippen LogP contribution in [0.15, 0.2) is 84.6 Å². The van der Waals surface area contributed by atoms with Gasteiger partial charge in [-0.2, -0.15) is 4.58 Å². The molecule has 4 rings (SSSR count). The molecule has 0 spiro atoms. The topological polar surface area (TPSA) is 58.9 Å². The Morgan fingerprint density at radius 1 is 0.826 bits per heavy atom. The lowest BCUT2D eigenvalue weighted by Crippen LogP contribution is -2.32. The average molecular weight is 626 g/mol. The number of carbonyl (C=O) groups excluding carboxylic acids is 2. The van der Waals surface area contributed by atoms with Gasteiger partial charge in [0, 0.05) is 34.5 Å². The standard InChI is InChI=1S/C40H53N2O4/c1-9-29(3)24-25-45-37(43)26-41-33-20-16-14-18-31(33)39(5,6)35(41)22-12-11-13-23-36-40(7,8)32-19-15-17-21-34(32)42(36)27-38(44)46-28-30(4)10-2/h11-23,29-30H,9-10,24-28H2,1-8H3/q+1. The summed E-state index contributed by atoms with van der Waals surface area (Å²) in [5, 5.41) is 0. The maximum Gasteiger partial charge on any atom is 0.372 e. The van der Waals surface area contributed by atoms with Gasteiger partial charge in [-0.15, -0.1) is 0 Å². The van der Waals surface area contributed by atoms with Crippen molar-refractivity contribution in [2.45, 2.75) is 85.5 Å². The maximum atomic E-state index is 12.9. The fourth-order valence-corrected chi connectivity index (χ4v) is 6.26. The number of fused-ring (bicyclic) bond motifs is 2. The molecule has 2 aromatic rings. The summed E-state index contributed by atoms with van der Waals surface area (Å²) in [5.41, 5.74) is 5.98. The van der Waals surface area contributed by atoms with E-state index in [0.717, 1.165) is 42.0 Å². The van der Waals surface area contributed by atoms with Crippen LogP contribution in [0.4, 0.5) is 11.4 Å². The van der Waals surface area contributed by atoms with E-state index in [2.05, 4.69) is 107 Å². The monoisotopic (exact) mass is 625 g/mol. The van der Waals surface area contributed by atoms with Gasteiger partial charge < -0.3 is 14.4 Å². The van der Waals surface area contributed by atoms with Gasteiger partial charge in [0.15, 0.2) is 5.71 Å². The van der Waals surface area contributed by atoms with E-state index >= 15 is 0 Å². The SMILES string of the molecule is CCC(C)CCOC(=O)C[N+]1=C(/C=C/C=C/C=C2/N(CC(=O)OCC(C)CC)c3ccccc3C2(C)C)C(C)(C)c2ccccc21. The van der Waals surface area contributed by atoms with Crippen molar-refractivity contribution in [1.29, 1.82) is 0 Å². The summed E-state index contributed by atoms with van der Waals surface area (Å²) in [6.07, 6.45) is 13.2. The van der Waals surface area contributed by atoms with E-state index in [4.69, 9.17) is 9.47 Å². The van der Waals surface area contributed by atoms with Crippen LogP contribution in [0.3, 0.4) is 0 Å². The molecule has 2 atom stereocenters. The smallest absolute Gasteiger partial charge is 0.372 e. The van der Waals surface area contributed by atoms with Gasteiger partial charge in [0.2, 0.25) is 12.2 Å². The van der Waals surface area contributed by atoms with Crippen LogP contribution in [-0.4, -0.2) is 48.5 Å². The first-order valence-electron chi connectivity index (χ1n) is 16.9. The lowest BCUT2D eigenvalue weighted by atomic mass is 9.81. The summed E-state index contributed by atoms with van der Waals surface area (Å²) >= 11 is 0. The van der Waals surface area contributed by atoms with Crippen molar-refractivity contribution < 1.29 is 23.6 Å². The molecule has 0 amide bonds. The number of hydrogen-bond acceptors (Lipinski definition) is 5. The van der Waals surface area contributed by atoms with Gasteiger partial charge in [0.1, 0.15) is 6.54 Å². The van der Waals surface area contributed by atoms with Crippen molar-refractivity contribution in [1.82, 2.24) is 0 Å². The van der Waals surface area contributed by atoms with Gasteiger partial charge in [0.05, 0.1) is 18.6 Å². The van der Waals surface area contributed by atoms with E-state index in [1.165, 1.54) is 11.1 Å². The molecule has 0 saturated carbocycles. The number of para-hydroxylation sites is 2. The minimum Gasteiger partial charge on any atom is -0.464 e. The first-order chi connectivity index (χ1) is 21.9. The number of benzene rings is 2. The molecule has 2 aromatic carbocycles. The minimum absolute atomic E-state index is 0.166. The predicted molar refractivity (Wildman–Crippen MR) is 188 cm³/mol. The van der Waals surface area contributed by atoms with Crippen LogP contribution >= 0.6 is 0 Å². The molecule has 0 aromatic heterocycles. The summed E-state index contributed by atoms with van der Waals surface area (Å²) in [5.74, 6) is 0.432. The molecule has 6 heteroatoms. The van der Waals surface area contributed by atoms with Crippen LogP contribution in [0.2, 0.25) is 0 Å². The van der Waals surface area contributed by atoms with Crippen molar-refractivity contribution in [2.75, 3.05) is 31.2 Å². The second kappa shape index (κ2) is 15.1. The number of ether oxygens (including phenoxy) is 2. The van der Waals surface area contributed by atoms with Crippen molar-refractivity contribution in [2.24, 2.45) is 11.8 Å². The lowest BCUT2D eigenvalue weighted by Gasteiger charge is -2.26. The second-order valence-electron chi connectivity index (χ2n) is 13.9. The largest absolute Gasteiger partial charge is 0.464 e. The van der Waals surface area contributed by atoms with E-state index in [-0.39, 0.29) is 35.9 Å². The molecule has 0 bridgehead atoms. The zero-order chi connectivity index (χ0) is 33.5. The van der Waals surface area contributed by atoms with Crippen molar-refractivity contribution in [3.05, 3.63) is 95.7 Å². The van der Waals surface area contributed by atoms with E-state index in [0.29, 0.717) is 25.0 Å². The third-order valence-corrected chi connectivity index (χ3v) is 9.70. The molecule has 2 heterocycles. The molecule has 2 aliphatic rings. The molecule has 246 valence electrons. The molecule has 0 N–H and O–H groups in total. The number of anilines is 1. The van der Waals surface area contributed by atoms with Crippen molar-refractivity contribution in [3.8, 4) is 0 Å². The van der Waals surface area contributed by atoms with Crippen molar-refractivity contribution in [3.63, 3.8) is 0 Å². The summed E-state index contributed by atoms with van der Waals surface area (Å²) in [4.78, 5) is 27.9. The van der Waals surface area contributed by atoms with Crippen LogP contribution in [0, 0.1) is 11.8 Å². The van der Waals surface area contributed by atoms with Gasteiger partial charge in [-0.1, -0.05) is 109 Å². The van der Waals surface area contributed by atoms with E-state index in [1.54, 1.807) is 0 Å². The molecule has 0 aliphatic carbocycles. The summed E-state index contributed by atoms with van der Waals surface area (Å²) < 4.78 is 13.4. The Hall–Kier alpha value is -3.93. The zero-order valence-corrected chi connectivity index (χ0v) is 29.1. The fraction of sp³-hybridized carbons (Fsp3) is 0.475. The summed E-state index contributed by atoms with van der Waals surface area (Å²) in [7, 11) is 0. The highest BCUT2D eigenvalue weighted by Crippen LogP contribution is 2.47. The Balaban J connectivity index is 1.57. The van der Waals surface area contributed by atoms with Crippen LogP contribution in [0.25, 0.3) is 0 Å². The van der Waals surface area contributed by atoms with Crippen molar-refractivity contribution >= 4 is 29.0 Å². The van der Waals surface area contributed by atoms with E-state index in [1.807, 2.05) is 36.4 Å². The number of carbonyl (C=O) groups is 2. The summed E-state index contributed by atoms with van der Waals surface area (Å²) in [6, 6.07) is 16.6. The number of esters is 2. The average Bonchev–Trinajstić information content (AvgIpc) is 3.38. The predicted octanol–water partition coefficient (Wildman–Crippen LogP) is 8.43. The minimum atomic E-state index is -0.280. The third kappa shape index (κ3) is 7.71. The van der Waals surface area contributed by atoms with Crippen LogP contribution < -0.4 is 4.90 Å². The molecule has 2 aliphatic heterocycles. The lowest BCUT2D eigenvalue weighted by molar-refractivity contribution is -0.428. The molecule has 2 unspecified atom stereocenters. The van der Waals surface area contributed by atoms with Gasteiger partial charge in [-0.05, 0) is 49.8 Å². The van der Waals surface area contributed by atoms with E-state index < -0.39 is 0 Å². The highest BCUT2D eigenvalue weighted by Gasteiger charge is 2.45. The first kappa shape index (κ1) is 34.9. The molecule has 6 nitrogen and oxygen atoms in total.